The first kappa shape index (κ1) is 14.2. The fraction of sp³-hybridized carbons (Fsp3) is 0.571. The summed E-state index contributed by atoms with van der Waals surface area (Å²) in [7, 11) is 0. The Morgan fingerprint density at radius 1 is 1.32 bits per heavy atom. The van der Waals surface area contributed by atoms with Gasteiger partial charge in [-0.15, -0.1) is 0 Å². The van der Waals surface area contributed by atoms with E-state index in [-0.39, 0.29) is 6.04 Å². The molecule has 19 heavy (non-hydrogen) atoms. The molecule has 0 amide bonds. The van der Waals surface area contributed by atoms with E-state index in [4.69, 9.17) is 0 Å². The molecule has 0 fully saturated rings. The molecule has 2 nitrogen and oxygen atoms in total. The monoisotopic (exact) mass is 272 g/mol. The van der Waals surface area contributed by atoms with Crippen LogP contribution in [0, 0.1) is 5.92 Å². The van der Waals surface area contributed by atoms with E-state index in [2.05, 4.69) is 5.32 Å². The maximum absolute atomic E-state index is 12.7. The van der Waals surface area contributed by atoms with Gasteiger partial charge in [0, 0.05) is 24.8 Å². The molecule has 0 saturated carbocycles. The number of hydrogen-bond donors (Lipinski definition) is 1. The number of para-hydroxylation sites is 1. The zero-order valence-corrected chi connectivity index (χ0v) is 11.2. The summed E-state index contributed by atoms with van der Waals surface area (Å²) < 4.78 is 38.2. The van der Waals surface area contributed by atoms with Gasteiger partial charge >= 0.3 is 6.18 Å². The fourth-order valence-electron chi connectivity index (χ4n) is 2.42. The van der Waals surface area contributed by atoms with E-state index < -0.39 is 12.7 Å². The molecule has 5 heteroatoms. The Labute approximate surface area is 111 Å². The molecule has 1 unspecified atom stereocenters. The molecular weight excluding hydrogens is 253 g/mol. The van der Waals surface area contributed by atoms with E-state index in [0.717, 1.165) is 5.56 Å². The molecule has 0 spiro atoms. The summed E-state index contributed by atoms with van der Waals surface area (Å²) in [6.45, 7) is 4.16. The third-order valence-corrected chi connectivity index (χ3v) is 3.48. The molecular formula is C14H19F3N2. The van der Waals surface area contributed by atoms with E-state index in [0.29, 0.717) is 24.7 Å². The number of alkyl halides is 3. The van der Waals surface area contributed by atoms with Crippen LogP contribution in [0.25, 0.3) is 0 Å². The van der Waals surface area contributed by atoms with Crippen molar-refractivity contribution in [2.24, 2.45) is 5.92 Å². The molecule has 0 aliphatic carbocycles. The highest BCUT2D eigenvalue weighted by molar-refractivity contribution is 5.54. The highest BCUT2D eigenvalue weighted by Gasteiger charge is 2.34. The van der Waals surface area contributed by atoms with Crippen LogP contribution in [-0.2, 0) is 6.54 Å². The van der Waals surface area contributed by atoms with Gasteiger partial charge in [0.1, 0.15) is 6.54 Å². The Morgan fingerprint density at radius 3 is 2.63 bits per heavy atom. The molecule has 1 aromatic carbocycles. The maximum Gasteiger partial charge on any atom is 0.405 e. The number of hydrogen-bond acceptors (Lipinski definition) is 2. The Hall–Kier alpha value is -1.23. The maximum atomic E-state index is 12.7. The molecule has 0 bridgehead atoms. The van der Waals surface area contributed by atoms with Crippen molar-refractivity contribution in [2.75, 3.05) is 18.0 Å². The number of fused-ring (bicyclic) bond motifs is 1. The smallest absolute Gasteiger partial charge is 0.361 e. The average Bonchev–Trinajstić information content (AvgIpc) is 2.48. The van der Waals surface area contributed by atoms with E-state index in [1.165, 1.54) is 4.90 Å². The third kappa shape index (κ3) is 3.62. The Kier molecular flexibility index (Phi) is 4.04. The van der Waals surface area contributed by atoms with Crippen LogP contribution in [0.5, 0.6) is 0 Å². The Morgan fingerprint density at radius 2 is 2.00 bits per heavy atom. The van der Waals surface area contributed by atoms with Gasteiger partial charge in [0.2, 0.25) is 0 Å². The third-order valence-electron chi connectivity index (χ3n) is 3.48. The van der Waals surface area contributed by atoms with Crippen LogP contribution in [0.3, 0.4) is 0 Å². The first-order valence-electron chi connectivity index (χ1n) is 6.50. The highest BCUT2D eigenvalue weighted by Crippen LogP contribution is 2.28. The molecule has 1 N–H and O–H groups in total. The SMILES string of the molecule is CC(C)C1CN(CC(F)(F)F)c2ccccc2CN1. The Balaban J connectivity index is 2.29. The fourth-order valence-corrected chi connectivity index (χ4v) is 2.42. The van der Waals surface area contributed by atoms with Gasteiger partial charge in [-0.2, -0.15) is 13.2 Å². The predicted molar refractivity (Wildman–Crippen MR) is 70.2 cm³/mol. The first-order valence-corrected chi connectivity index (χ1v) is 6.50. The molecule has 0 saturated heterocycles. The lowest BCUT2D eigenvalue weighted by Gasteiger charge is -2.30. The van der Waals surface area contributed by atoms with E-state index in [1.54, 1.807) is 12.1 Å². The minimum absolute atomic E-state index is 0.0646. The van der Waals surface area contributed by atoms with Crippen molar-refractivity contribution in [2.45, 2.75) is 32.6 Å². The molecule has 0 aromatic heterocycles. The van der Waals surface area contributed by atoms with Gasteiger partial charge in [0.25, 0.3) is 0 Å². The number of halogens is 3. The van der Waals surface area contributed by atoms with Gasteiger partial charge in [-0.05, 0) is 17.5 Å². The summed E-state index contributed by atoms with van der Waals surface area (Å²) in [4.78, 5) is 1.44. The molecule has 106 valence electrons. The van der Waals surface area contributed by atoms with E-state index in [1.807, 2.05) is 26.0 Å². The van der Waals surface area contributed by atoms with Crippen LogP contribution in [0.4, 0.5) is 18.9 Å². The summed E-state index contributed by atoms with van der Waals surface area (Å²) in [5.41, 5.74) is 1.62. The Bertz CT molecular complexity index is 429. The molecule has 1 aromatic rings. The lowest BCUT2D eigenvalue weighted by molar-refractivity contribution is -0.119. The summed E-state index contributed by atoms with van der Waals surface area (Å²) in [5.74, 6) is 0.296. The number of anilines is 1. The summed E-state index contributed by atoms with van der Waals surface area (Å²) in [6, 6.07) is 7.37. The molecule has 2 rings (SSSR count). The van der Waals surface area contributed by atoms with Crippen molar-refractivity contribution in [1.29, 1.82) is 0 Å². The largest absolute Gasteiger partial charge is 0.405 e. The summed E-state index contributed by atoms with van der Waals surface area (Å²) in [5, 5.41) is 3.34. The average molecular weight is 272 g/mol. The standard InChI is InChI=1S/C14H19F3N2/c1-10(2)12-8-19(9-14(15,16)17)13-6-4-3-5-11(13)7-18-12/h3-6,10,12,18H,7-9H2,1-2H3. The quantitative estimate of drug-likeness (QED) is 0.889. The number of nitrogens with one attached hydrogen (secondary N) is 1. The predicted octanol–water partition coefficient (Wildman–Crippen LogP) is 3.18. The van der Waals surface area contributed by atoms with Crippen LogP contribution >= 0.6 is 0 Å². The molecule has 1 aliphatic heterocycles. The second-order valence-corrected chi connectivity index (χ2v) is 5.36. The number of benzene rings is 1. The zero-order valence-electron chi connectivity index (χ0n) is 11.2. The second-order valence-electron chi connectivity index (χ2n) is 5.36. The molecule has 1 atom stereocenters. The highest BCUT2D eigenvalue weighted by atomic mass is 19.4. The van der Waals surface area contributed by atoms with Crippen LogP contribution in [-0.4, -0.2) is 25.3 Å². The van der Waals surface area contributed by atoms with Crippen molar-refractivity contribution < 1.29 is 13.2 Å². The van der Waals surface area contributed by atoms with Gasteiger partial charge in [0.15, 0.2) is 0 Å². The van der Waals surface area contributed by atoms with Gasteiger partial charge in [-0.3, -0.25) is 0 Å². The van der Waals surface area contributed by atoms with Crippen LogP contribution in [0.2, 0.25) is 0 Å². The van der Waals surface area contributed by atoms with Crippen molar-refractivity contribution in [1.82, 2.24) is 5.32 Å². The lowest BCUT2D eigenvalue weighted by Crippen LogP contribution is -2.44. The minimum Gasteiger partial charge on any atom is -0.361 e. The summed E-state index contributed by atoms with van der Waals surface area (Å²) >= 11 is 0. The minimum atomic E-state index is -4.18. The second kappa shape index (κ2) is 5.41. The molecule has 1 heterocycles. The van der Waals surface area contributed by atoms with Crippen molar-refractivity contribution in [3.63, 3.8) is 0 Å². The van der Waals surface area contributed by atoms with Crippen molar-refractivity contribution in [3.05, 3.63) is 29.8 Å². The number of rotatable bonds is 2. The van der Waals surface area contributed by atoms with Gasteiger partial charge in [-0.1, -0.05) is 32.0 Å². The van der Waals surface area contributed by atoms with Gasteiger partial charge < -0.3 is 10.2 Å². The molecule has 0 radical (unpaired) electrons. The normalized spacial score (nSPS) is 20.3. The summed E-state index contributed by atoms with van der Waals surface area (Å²) in [6.07, 6.45) is -4.18. The van der Waals surface area contributed by atoms with Gasteiger partial charge in [-0.25, -0.2) is 0 Å². The van der Waals surface area contributed by atoms with E-state index >= 15 is 0 Å². The zero-order chi connectivity index (χ0) is 14.0. The van der Waals surface area contributed by atoms with Gasteiger partial charge in [0.05, 0.1) is 0 Å². The van der Waals surface area contributed by atoms with E-state index in [9.17, 15) is 13.2 Å². The van der Waals surface area contributed by atoms with Crippen molar-refractivity contribution >= 4 is 5.69 Å². The number of nitrogens with zero attached hydrogens (tertiary/aromatic N) is 1. The van der Waals surface area contributed by atoms with Crippen molar-refractivity contribution in [3.8, 4) is 0 Å². The first-order chi connectivity index (χ1) is 8.87. The topological polar surface area (TPSA) is 15.3 Å². The van der Waals surface area contributed by atoms with Crippen LogP contribution in [0.1, 0.15) is 19.4 Å². The van der Waals surface area contributed by atoms with Crippen LogP contribution in [0.15, 0.2) is 24.3 Å². The molecule has 1 aliphatic rings. The lowest BCUT2D eigenvalue weighted by atomic mass is 10.0. The van der Waals surface area contributed by atoms with Crippen LogP contribution < -0.4 is 10.2 Å².